The van der Waals surface area contributed by atoms with Crippen LogP contribution in [0.1, 0.15) is 60.1 Å². The summed E-state index contributed by atoms with van der Waals surface area (Å²) in [5, 5.41) is 5.39. The second-order valence-electron chi connectivity index (χ2n) is 15.1. The van der Waals surface area contributed by atoms with E-state index in [0.717, 1.165) is 6.42 Å². The van der Waals surface area contributed by atoms with Crippen LogP contribution in [-0.4, -0.2) is 13.3 Å². The molecule has 0 amide bonds. The fraction of sp³-hybridized carbons (Fsp3) is 0.200. The maximum atomic E-state index is 4.91. The van der Waals surface area contributed by atoms with Crippen LogP contribution in [0.2, 0.25) is 0 Å². The molecular formula is C50H53P. The Kier molecular flexibility index (Phi) is 10.5. The van der Waals surface area contributed by atoms with Gasteiger partial charge < -0.3 is 0 Å². The molecule has 0 aromatic heterocycles. The molecule has 1 heterocycles. The molecule has 1 heteroatoms. The standard InChI is InChI=1S/C50H53P/c1-10-11-23-44-38(5)51(8,9)39(6)50(7,31-30-37(4)49-36(3)27-28-41-21-15-18-25-46(41)49)34-48(44)43-29-26-35(2)47(33-43)45-24-17-16-22-42(45)32-40-19-13-12-14-20-40/h10-31,33-34,37,51H,1,6,32H2,2-5,7-9H3/b23-11-,31-30-. The fourth-order valence-electron chi connectivity index (χ4n) is 7.95. The summed E-state index contributed by atoms with van der Waals surface area (Å²) in [5.74, 6) is 0.242. The molecule has 0 nitrogen and oxygen atoms in total. The molecule has 51 heavy (non-hydrogen) atoms. The van der Waals surface area contributed by atoms with E-state index in [-0.39, 0.29) is 11.3 Å². The molecule has 2 atom stereocenters. The van der Waals surface area contributed by atoms with Gasteiger partial charge in [0.25, 0.3) is 0 Å². The predicted molar refractivity (Wildman–Crippen MR) is 230 cm³/mol. The van der Waals surface area contributed by atoms with Gasteiger partial charge in [-0.1, -0.05) is 6.07 Å². The van der Waals surface area contributed by atoms with Crippen molar-refractivity contribution < 1.29 is 0 Å². The van der Waals surface area contributed by atoms with Gasteiger partial charge in [0.1, 0.15) is 0 Å². The molecule has 0 N–H and O–H groups in total. The Bertz CT molecular complexity index is 2240. The molecule has 258 valence electrons. The molecule has 1 aliphatic heterocycles. The van der Waals surface area contributed by atoms with Crippen LogP contribution < -0.4 is 0 Å². The minimum absolute atomic E-state index is 0.242. The Morgan fingerprint density at radius 1 is 0.784 bits per heavy atom. The molecule has 1 aliphatic rings. The van der Waals surface area contributed by atoms with Crippen LogP contribution in [0.15, 0.2) is 175 Å². The van der Waals surface area contributed by atoms with Crippen molar-refractivity contribution in [3.8, 4) is 11.1 Å². The first kappa shape index (κ1) is 36.0. The van der Waals surface area contributed by atoms with Crippen LogP contribution >= 0.6 is 7.26 Å². The van der Waals surface area contributed by atoms with E-state index in [1.54, 1.807) is 0 Å². The normalized spacial score (nSPS) is 19.0. The van der Waals surface area contributed by atoms with Gasteiger partial charge in [0, 0.05) is 0 Å². The van der Waals surface area contributed by atoms with Crippen molar-refractivity contribution in [2.45, 2.75) is 47.0 Å². The molecule has 0 fully saturated rings. The summed E-state index contributed by atoms with van der Waals surface area (Å²) < 4.78 is 0. The van der Waals surface area contributed by atoms with Crippen LogP contribution in [0.5, 0.6) is 0 Å². The zero-order valence-corrected chi connectivity index (χ0v) is 32.6. The van der Waals surface area contributed by atoms with Crippen molar-refractivity contribution >= 4 is 23.6 Å². The Morgan fingerprint density at radius 3 is 2.24 bits per heavy atom. The monoisotopic (exact) mass is 684 g/mol. The van der Waals surface area contributed by atoms with Crippen molar-refractivity contribution in [3.63, 3.8) is 0 Å². The van der Waals surface area contributed by atoms with E-state index in [1.165, 1.54) is 77.1 Å². The Balaban J connectivity index is 1.51. The summed E-state index contributed by atoms with van der Waals surface area (Å²) in [5.41, 5.74) is 12.7. The van der Waals surface area contributed by atoms with E-state index in [0.29, 0.717) is 0 Å². The van der Waals surface area contributed by atoms with Gasteiger partial charge in [0.05, 0.1) is 0 Å². The first-order valence-electron chi connectivity index (χ1n) is 18.3. The molecule has 0 aliphatic carbocycles. The van der Waals surface area contributed by atoms with Crippen molar-refractivity contribution in [2.75, 3.05) is 13.3 Å². The third-order valence-electron chi connectivity index (χ3n) is 11.3. The summed E-state index contributed by atoms with van der Waals surface area (Å²) >= 11 is 0. The van der Waals surface area contributed by atoms with E-state index in [9.17, 15) is 0 Å². The Morgan fingerprint density at radius 2 is 1.47 bits per heavy atom. The Hall–Kier alpha value is -4.77. The van der Waals surface area contributed by atoms with E-state index in [4.69, 9.17) is 6.58 Å². The quantitative estimate of drug-likeness (QED) is 0.0823. The van der Waals surface area contributed by atoms with Crippen molar-refractivity contribution in [3.05, 3.63) is 208 Å². The first-order valence-corrected chi connectivity index (χ1v) is 21.3. The van der Waals surface area contributed by atoms with Gasteiger partial charge in [0.2, 0.25) is 0 Å². The van der Waals surface area contributed by atoms with E-state index in [1.807, 2.05) is 6.08 Å². The molecule has 0 saturated heterocycles. The number of hydrogen-bond donors (Lipinski definition) is 0. The number of allylic oxidation sites excluding steroid dienone is 10. The van der Waals surface area contributed by atoms with Crippen molar-refractivity contribution in [1.29, 1.82) is 0 Å². The average molecular weight is 685 g/mol. The molecule has 0 radical (unpaired) electrons. The second kappa shape index (κ2) is 14.8. The second-order valence-corrected chi connectivity index (χ2v) is 19.7. The van der Waals surface area contributed by atoms with Gasteiger partial charge >= 0.3 is 303 Å². The van der Waals surface area contributed by atoms with Crippen LogP contribution in [0, 0.1) is 19.3 Å². The van der Waals surface area contributed by atoms with Gasteiger partial charge in [-0.05, 0) is 0 Å². The van der Waals surface area contributed by atoms with Crippen LogP contribution in [0.3, 0.4) is 0 Å². The number of benzene rings is 5. The SMILES string of the molecule is C=C/C=C\C1=C(C)[PH](C)(C)C(=C)C(C)(/C=C\C(C)c2c(C)ccc3ccccc23)C=C1c1ccc(C)c(-c2ccccc2Cc2ccccc2)c1. The summed E-state index contributed by atoms with van der Waals surface area (Å²) in [6, 6.07) is 40.0. The fourth-order valence-corrected chi connectivity index (χ4v) is 10.8. The van der Waals surface area contributed by atoms with Gasteiger partial charge in [-0.3, -0.25) is 0 Å². The molecule has 0 spiro atoms. The Labute approximate surface area is 307 Å². The molecule has 6 rings (SSSR count). The van der Waals surface area contributed by atoms with Crippen LogP contribution in [0.25, 0.3) is 27.5 Å². The summed E-state index contributed by atoms with van der Waals surface area (Å²) in [4.78, 5) is 0. The van der Waals surface area contributed by atoms with E-state index in [2.05, 4.69) is 194 Å². The van der Waals surface area contributed by atoms with Gasteiger partial charge in [-0.25, -0.2) is 0 Å². The van der Waals surface area contributed by atoms with Gasteiger partial charge in [-0.15, -0.1) is 0 Å². The number of hydrogen-bond acceptors (Lipinski definition) is 0. The van der Waals surface area contributed by atoms with Crippen LogP contribution in [-0.2, 0) is 6.42 Å². The van der Waals surface area contributed by atoms with Crippen molar-refractivity contribution in [2.24, 2.45) is 5.41 Å². The molecule has 5 aromatic rings. The number of fused-ring (bicyclic) bond motifs is 1. The molecule has 0 saturated carbocycles. The predicted octanol–water partition coefficient (Wildman–Crippen LogP) is 14.0. The zero-order valence-electron chi connectivity index (χ0n) is 31.6. The van der Waals surface area contributed by atoms with E-state index >= 15 is 0 Å². The summed E-state index contributed by atoms with van der Waals surface area (Å²) in [7, 11) is -2.12. The first-order chi connectivity index (χ1) is 24.4. The van der Waals surface area contributed by atoms with Gasteiger partial charge in [-0.2, -0.15) is 0 Å². The van der Waals surface area contributed by atoms with Crippen LogP contribution in [0.4, 0.5) is 0 Å². The van der Waals surface area contributed by atoms with Gasteiger partial charge in [0.15, 0.2) is 0 Å². The third kappa shape index (κ3) is 7.22. The molecule has 5 aromatic carbocycles. The zero-order chi connectivity index (χ0) is 36.3. The third-order valence-corrected chi connectivity index (χ3v) is 15.5. The molecule has 0 bridgehead atoms. The van der Waals surface area contributed by atoms with E-state index < -0.39 is 7.26 Å². The number of aryl methyl sites for hydroxylation is 2. The van der Waals surface area contributed by atoms with Crippen molar-refractivity contribution in [1.82, 2.24) is 0 Å². The summed E-state index contributed by atoms with van der Waals surface area (Å²) in [6.07, 6.45) is 14.5. The number of rotatable bonds is 9. The molecule has 2 unspecified atom stereocenters. The topological polar surface area (TPSA) is 0 Å². The summed E-state index contributed by atoms with van der Waals surface area (Å²) in [6.45, 7) is 25.4. The maximum absolute atomic E-state index is 4.91. The average Bonchev–Trinajstić information content (AvgIpc) is 3.18. The molecular weight excluding hydrogens is 632 g/mol. The minimum atomic E-state index is -2.12.